The number of aryl methyl sites for hydroxylation is 1. The number of anilines is 1. The van der Waals surface area contributed by atoms with E-state index in [9.17, 15) is 10.2 Å². The molecule has 5 heteroatoms. The zero-order valence-electron chi connectivity index (χ0n) is 12.0. The van der Waals surface area contributed by atoms with Gasteiger partial charge in [0.15, 0.2) is 11.5 Å². The van der Waals surface area contributed by atoms with Gasteiger partial charge in [0.2, 0.25) is 0 Å². The number of hydrogen-bond donors (Lipinski definition) is 3. The number of phenolic OH excluding ortho intramolecular Hbond substituents is 2. The molecule has 3 N–H and O–H groups in total. The first-order valence-corrected chi connectivity index (χ1v) is 6.81. The van der Waals surface area contributed by atoms with E-state index in [1.54, 1.807) is 12.1 Å². The highest BCUT2D eigenvalue weighted by atomic mass is 16.3. The van der Waals surface area contributed by atoms with E-state index in [-0.39, 0.29) is 11.5 Å². The number of benzene rings is 2. The number of phenols is 2. The number of para-hydroxylation sites is 2. The molecule has 0 atom stereocenters. The quantitative estimate of drug-likeness (QED) is 0.393. The minimum Gasteiger partial charge on any atom is -0.504 e. The lowest BCUT2D eigenvalue weighted by Crippen LogP contribution is -1.95. The Labute approximate surface area is 127 Å². The molecule has 0 radical (unpaired) electrons. The summed E-state index contributed by atoms with van der Waals surface area (Å²) in [6.45, 7) is 2.01. The van der Waals surface area contributed by atoms with E-state index >= 15 is 0 Å². The Balaban J connectivity index is 1.85. The molecule has 1 aromatic heterocycles. The van der Waals surface area contributed by atoms with Gasteiger partial charge in [0.1, 0.15) is 5.82 Å². The van der Waals surface area contributed by atoms with Crippen molar-refractivity contribution in [3.8, 4) is 11.5 Å². The van der Waals surface area contributed by atoms with Crippen molar-refractivity contribution in [2.45, 2.75) is 6.92 Å². The normalized spacial score (nSPS) is 11.1. The average Bonchev–Trinajstić information content (AvgIpc) is 2.52. The van der Waals surface area contributed by atoms with Gasteiger partial charge in [-0.1, -0.05) is 24.3 Å². The summed E-state index contributed by atoms with van der Waals surface area (Å²) in [5.41, 5.74) is 5.25. The maximum absolute atomic E-state index is 9.70. The number of rotatable bonds is 3. The van der Waals surface area contributed by atoms with Gasteiger partial charge in [-0.25, -0.2) is 4.98 Å². The van der Waals surface area contributed by atoms with Gasteiger partial charge in [0.05, 0.1) is 11.7 Å². The summed E-state index contributed by atoms with van der Waals surface area (Å²) >= 11 is 0. The molecular formula is C17H15N3O2. The Morgan fingerprint density at radius 1 is 1.09 bits per heavy atom. The van der Waals surface area contributed by atoms with Crippen LogP contribution in [-0.4, -0.2) is 21.4 Å². The third-order valence-corrected chi connectivity index (χ3v) is 3.35. The average molecular weight is 293 g/mol. The van der Waals surface area contributed by atoms with Gasteiger partial charge in [-0.05, 0) is 36.8 Å². The Bertz CT molecular complexity index is 860. The van der Waals surface area contributed by atoms with E-state index in [0.717, 1.165) is 16.5 Å². The highest BCUT2D eigenvalue weighted by Gasteiger charge is 2.03. The number of fused-ring (bicyclic) bond motifs is 1. The zero-order valence-corrected chi connectivity index (χ0v) is 12.0. The second-order valence-corrected chi connectivity index (χ2v) is 4.93. The minimum absolute atomic E-state index is 0.177. The van der Waals surface area contributed by atoms with Gasteiger partial charge in [-0.3, -0.25) is 5.43 Å². The molecule has 22 heavy (non-hydrogen) atoms. The Morgan fingerprint density at radius 2 is 1.91 bits per heavy atom. The third-order valence-electron chi connectivity index (χ3n) is 3.35. The number of hydrogen-bond acceptors (Lipinski definition) is 5. The van der Waals surface area contributed by atoms with Crippen molar-refractivity contribution in [2.75, 3.05) is 5.43 Å². The molecule has 0 bridgehead atoms. The van der Waals surface area contributed by atoms with Crippen molar-refractivity contribution in [1.29, 1.82) is 0 Å². The van der Waals surface area contributed by atoms with Crippen LogP contribution in [0.3, 0.4) is 0 Å². The van der Waals surface area contributed by atoms with Gasteiger partial charge in [-0.15, -0.1) is 0 Å². The smallest absolute Gasteiger partial charge is 0.166 e. The van der Waals surface area contributed by atoms with Crippen LogP contribution in [-0.2, 0) is 0 Å². The molecule has 0 fully saturated rings. The van der Waals surface area contributed by atoms with Crippen LogP contribution in [0.15, 0.2) is 53.6 Å². The molecule has 3 aromatic rings. The van der Waals surface area contributed by atoms with Gasteiger partial charge in [0, 0.05) is 10.9 Å². The van der Waals surface area contributed by atoms with Gasteiger partial charge in [0.25, 0.3) is 0 Å². The second kappa shape index (κ2) is 5.73. The van der Waals surface area contributed by atoms with Gasteiger partial charge < -0.3 is 10.2 Å². The summed E-state index contributed by atoms with van der Waals surface area (Å²) in [5, 5.41) is 24.3. The summed E-state index contributed by atoms with van der Waals surface area (Å²) in [6, 6.07) is 14.5. The van der Waals surface area contributed by atoms with Crippen LogP contribution in [0.5, 0.6) is 11.5 Å². The molecule has 3 rings (SSSR count). The topological polar surface area (TPSA) is 77.7 Å². The van der Waals surface area contributed by atoms with E-state index < -0.39 is 0 Å². The maximum Gasteiger partial charge on any atom is 0.166 e. The maximum atomic E-state index is 9.70. The lowest BCUT2D eigenvalue weighted by Gasteiger charge is -2.05. The SMILES string of the molecule is Cc1cc(N/N=C/c2cccc(O)c2O)nc2ccccc12. The number of aromatic hydroxyl groups is 2. The Kier molecular flexibility index (Phi) is 3.62. The number of pyridine rings is 1. The van der Waals surface area contributed by atoms with E-state index in [0.29, 0.717) is 11.4 Å². The van der Waals surface area contributed by atoms with Crippen molar-refractivity contribution in [3.05, 3.63) is 59.7 Å². The largest absolute Gasteiger partial charge is 0.504 e. The standard InChI is InChI=1S/C17H15N3O2/c1-11-9-16(19-14-7-3-2-6-13(11)14)20-18-10-12-5-4-8-15(21)17(12)22/h2-10,21-22H,1H3,(H,19,20)/b18-10+. The van der Waals surface area contributed by atoms with Crippen molar-refractivity contribution >= 4 is 22.9 Å². The molecule has 1 heterocycles. The summed E-state index contributed by atoms with van der Waals surface area (Å²) in [4.78, 5) is 4.47. The molecule has 0 aliphatic carbocycles. The molecule has 0 saturated carbocycles. The molecule has 110 valence electrons. The first kappa shape index (κ1) is 13.9. The fourth-order valence-corrected chi connectivity index (χ4v) is 2.23. The lowest BCUT2D eigenvalue weighted by atomic mass is 10.1. The van der Waals surface area contributed by atoms with Crippen LogP contribution in [0.25, 0.3) is 10.9 Å². The molecule has 2 aromatic carbocycles. The van der Waals surface area contributed by atoms with Crippen molar-refractivity contribution in [2.24, 2.45) is 5.10 Å². The fourth-order valence-electron chi connectivity index (χ4n) is 2.23. The molecule has 5 nitrogen and oxygen atoms in total. The van der Waals surface area contributed by atoms with E-state index in [1.807, 2.05) is 37.3 Å². The lowest BCUT2D eigenvalue weighted by molar-refractivity contribution is 0.403. The molecule has 0 saturated heterocycles. The van der Waals surface area contributed by atoms with E-state index in [2.05, 4.69) is 15.5 Å². The van der Waals surface area contributed by atoms with Crippen LogP contribution in [0.1, 0.15) is 11.1 Å². The number of nitrogens with zero attached hydrogens (tertiary/aromatic N) is 2. The summed E-state index contributed by atoms with van der Waals surface area (Å²) < 4.78 is 0. The molecular weight excluding hydrogens is 278 g/mol. The molecule has 0 aliphatic heterocycles. The predicted octanol–water partition coefficient (Wildman–Crippen LogP) is 3.40. The third kappa shape index (κ3) is 2.69. The molecule has 0 unspecified atom stereocenters. The second-order valence-electron chi connectivity index (χ2n) is 4.93. The summed E-state index contributed by atoms with van der Waals surface area (Å²) in [5.74, 6) is 0.242. The van der Waals surface area contributed by atoms with Crippen LogP contribution in [0.4, 0.5) is 5.82 Å². The highest BCUT2D eigenvalue weighted by Crippen LogP contribution is 2.26. The Morgan fingerprint density at radius 3 is 2.77 bits per heavy atom. The predicted molar refractivity (Wildman–Crippen MR) is 87.5 cm³/mol. The minimum atomic E-state index is -0.198. The van der Waals surface area contributed by atoms with Crippen LogP contribution in [0.2, 0.25) is 0 Å². The molecule has 0 aliphatic rings. The van der Waals surface area contributed by atoms with Crippen molar-refractivity contribution in [1.82, 2.24) is 4.98 Å². The van der Waals surface area contributed by atoms with Crippen LogP contribution < -0.4 is 5.43 Å². The summed E-state index contributed by atoms with van der Waals surface area (Å²) in [6.07, 6.45) is 1.43. The highest BCUT2D eigenvalue weighted by molar-refractivity contribution is 5.86. The van der Waals surface area contributed by atoms with Gasteiger partial charge >= 0.3 is 0 Å². The van der Waals surface area contributed by atoms with E-state index in [1.165, 1.54) is 12.3 Å². The van der Waals surface area contributed by atoms with Crippen molar-refractivity contribution in [3.63, 3.8) is 0 Å². The first-order valence-electron chi connectivity index (χ1n) is 6.81. The van der Waals surface area contributed by atoms with Crippen LogP contribution >= 0.6 is 0 Å². The Hall–Kier alpha value is -3.08. The number of nitrogens with one attached hydrogen (secondary N) is 1. The monoisotopic (exact) mass is 293 g/mol. The fraction of sp³-hybridized carbons (Fsp3) is 0.0588. The molecule has 0 amide bonds. The van der Waals surface area contributed by atoms with Gasteiger partial charge in [-0.2, -0.15) is 5.10 Å². The number of hydrazone groups is 1. The zero-order chi connectivity index (χ0) is 15.5. The number of aromatic nitrogens is 1. The van der Waals surface area contributed by atoms with Crippen LogP contribution in [0, 0.1) is 6.92 Å². The van der Waals surface area contributed by atoms with Crippen molar-refractivity contribution < 1.29 is 10.2 Å². The summed E-state index contributed by atoms with van der Waals surface area (Å²) in [7, 11) is 0. The molecule has 0 spiro atoms. The first-order chi connectivity index (χ1) is 10.6. The van der Waals surface area contributed by atoms with E-state index in [4.69, 9.17) is 0 Å².